The highest BCUT2D eigenvalue weighted by molar-refractivity contribution is 6.38. The first-order chi connectivity index (χ1) is 6.97. The van der Waals surface area contributed by atoms with E-state index in [0.717, 1.165) is 0 Å². The van der Waals surface area contributed by atoms with Crippen LogP contribution in [0.15, 0.2) is 0 Å². The smallest absolute Gasteiger partial charge is 0.311 e. The van der Waals surface area contributed by atoms with Crippen molar-refractivity contribution in [2.45, 2.75) is 27.2 Å². The van der Waals surface area contributed by atoms with Gasteiger partial charge in [0, 0.05) is 6.42 Å². The number of aromatic nitrogens is 1. The minimum absolute atomic E-state index is 0.204. The van der Waals surface area contributed by atoms with E-state index in [9.17, 15) is 4.79 Å². The molecule has 0 saturated heterocycles. The summed E-state index contributed by atoms with van der Waals surface area (Å²) in [5, 5.41) is 0.569. The summed E-state index contributed by atoms with van der Waals surface area (Å²) in [4.78, 5) is 15.3. The molecule has 0 bridgehead atoms. The highest BCUT2D eigenvalue weighted by Crippen LogP contribution is 2.36. The minimum atomic E-state index is -0.371. The van der Waals surface area contributed by atoms with E-state index in [4.69, 9.17) is 27.9 Å². The lowest BCUT2D eigenvalue weighted by molar-refractivity contribution is -0.134. The number of hydrogen-bond acceptors (Lipinski definition) is 3. The third kappa shape index (κ3) is 2.61. The first kappa shape index (κ1) is 12.3. The molecule has 0 aliphatic heterocycles. The first-order valence-electron chi connectivity index (χ1n) is 4.50. The Labute approximate surface area is 98.4 Å². The van der Waals surface area contributed by atoms with Crippen LogP contribution in [0.2, 0.25) is 10.0 Å². The van der Waals surface area contributed by atoms with Gasteiger partial charge in [0.1, 0.15) is 10.0 Å². The van der Waals surface area contributed by atoms with Crippen LogP contribution in [-0.2, 0) is 4.79 Å². The molecular formula is C10H11Cl2NO2. The van der Waals surface area contributed by atoms with Crippen LogP contribution in [0.3, 0.4) is 0 Å². The molecule has 0 aromatic carbocycles. The van der Waals surface area contributed by atoms with Crippen LogP contribution in [0, 0.1) is 13.8 Å². The van der Waals surface area contributed by atoms with Crippen molar-refractivity contribution in [3.8, 4) is 5.75 Å². The van der Waals surface area contributed by atoms with Gasteiger partial charge in [0.25, 0.3) is 0 Å². The third-order valence-corrected chi connectivity index (χ3v) is 2.76. The molecule has 1 aromatic rings. The van der Waals surface area contributed by atoms with E-state index in [1.807, 2.05) is 0 Å². The number of esters is 1. The molecule has 0 fully saturated rings. The predicted octanol–water partition coefficient (Wildman–Crippen LogP) is 3.32. The summed E-state index contributed by atoms with van der Waals surface area (Å²) < 4.78 is 5.04. The zero-order valence-corrected chi connectivity index (χ0v) is 10.2. The molecule has 3 nitrogen and oxygen atoms in total. The van der Waals surface area contributed by atoms with E-state index >= 15 is 0 Å². The molecule has 5 heteroatoms. The molecule has 0 aliphatic carbocycles. The molecule has 82 valence electrons. The second-order valence-electron chi connectivity index (χ2n) is 3.07. The van der Waals surface area contributed by atoms with Crippen LogP contribution in [-0.4, -0.2) is 11.0 Å². The normalized spacial score (nSPS) is 10.2. The average molecular weight is 248 g/mol. The van der Waals surface area contributed by atoms with Crippen molar-refractivity contribution < 1.29 is 9.53 Å². The summed E-state index contributed by atoms with van der Waals surface area (Å²) in [6.45, 7) is 5.16. The number of ether oxygens (including phenoxy) is 1. The van der Waals surface area contributed by atoms with Crippen molar-refractivity contribution in [3.63, 3.8) is 0 Å². The largest absolute Gasteiger partial charge is 0.423 e. The van der Waals surface area contributed by atoms with Crippen molar-refractivity contribution >= 4 is 29.2 Å². The number of carbonyl (C=O) groups excluding carboxylic acids is 1. The molecule has 0 atom stereocenters. The fourth-order valence-electron chi connectivity index (χ4n) is 1.05. The Hall–Kier alpha value is -0.800. The topological polar surface area (TPSA) is 39.2 Å². The van der Waals surface area contributed by atoms with Gasteiger partial charge in [-0.1, -0.05) is 30.1 Å². The van der Waals surface area contributed by atoms with Crippen molar-refractivity contribution in [3.05, 3.63) is 21.4 Å². The molecular weight excluding hydrogens is 237 g/mol. The highest BCUT2D eigenvalue weighted by Gasteiger charge is 2.16. The Morgan fingerprint density at radius 2 is 1.73 bits per heavy atom. The molecule has 15 heavy (non-hydrogen) atoms. The predicted molar refractivity (Wildman–Crippen MR) is 59.7 cm³/mol. The zero-order valence-electron chi connectivity index (χ0n) is 8.73. The quantitative estimate of drug-likeness (QED) is 0.753. The van der Waals surface area contributed by atoms with Gasteiger partial charge < -0.3 is 4.74 Å². The van der Waals surface area contributed by atoms with Gasteiger partial charge in [-0.15, -0.1) is 0 Å². The van der Waals surface area contributed by atoms with E-state index < -0.39 is 0 Å². The van der Waals surface area contributed by atoms with Crippen LogP contribution in [0.1, 0.15) is 24.7 Å². The fraction of sp³-hybridized carbons (Fsp3) is 0.400. The van der Waals surface area contributed by atoms with Crippen LogP contribution in [0.25, 0.3) is 0 Å². The van der Waals surface area contributed by atoms with Crippen LogP contribution in [0.4, 0.5) is 0 Å². The lowest BCUT2D eigenvalue weighted by Crippen LogP contribution is -2.08. The molecule has 1 rings (SSSR count). The van der Waals surface area contributed by atoms with E-state index in [1.165, 1.54) is 0 Å². The lowest BCUT2D eigenvalue weighted by atomic mass is 10.3. The molecule has 1 aromatic heterocycles. The summed E-state index contributed by atoms with van der Waals surface area (Å²) in [5.41, 5.74) is 1.19. The van der Waals surface area contributed by atoms with E-state index in [2.05, 4.69) is 4.98 Å². The van der Waals surface area contributed by atoms with Gasteiger partial charge in [0.2, 0.25) is 0 Å². The van der Waals surface area contributed by atoms with Crippen molar-refractivity contribution in [2.75, 3.05) is 0 Å². The van der Waals surface area contributed by atoms with E-state index in [0.29, 0.717) is 11.4 Å². The van der Waals surface area contributed by atoms with Gasteiger partial charge in [-0.3, -0.25) is 9.78 Å². The number of aryl methyl sites for hydroxylation is 2. The van der Waals surface area contributed by atoms with Gasteiger partial charge in [0.15, 0.2) is 5.75 Å². The van der Waals surface area contributed by atoms with Gasteiger partial charge in [-0.2, -0.15) is 0 Å². The SMILES string of the molecule is CCC(=O)Oc1c(Cl)c(C)nc(C)c1Cl. The number of pyridine rings is 1. The Morgan fingerprint density at radius 3 is 2.13 bits per heavy atom. The maximum atomic E-state index is 11.1. The maximum Gasteiger partial charge on any atom is 0.311 e. The molecule has 0 radical (unpaired) electrons. The second-order valence-corrected chi connectivity index (χ2v) is 3.82. The van der Waals surface area contributed by atoms with Crippen molar-refractivity contribution in [1.82, 2.24) is 4.98 Å². The Balaban J connectivity index is 3.21. The number of carbonyl (C=O) groups is 1. The highest BCUT2D eigenvalue weighted by atomic mass is 35.5. The summed E-state index contributed by atoms with van der Waals surface area (Å²) in [6.07, 6.45) is 0.271. The van der Waals surface area contributed by atoms with Gasteiger partial charge in [-0.25, -0.2) is 0 Å². The van der Waals surface area contributed by atoms with Crippen LogP contribution in [0.5, 0.6) is 5.75 Å². The molecule has 0 N–H and O–H groups in total. The van der Waals surface area contributed by atoms with E-state index in [1.54, 1.807) is 20.8 Å². The summed E-state index contributed by atoms with van der Waals surface area (Å²) >= 11 is 11.9. The molecule has 1 heterocycles. The van der Waals surface area contributed by atoms with Gasteiger partial charge in [0.05, 0.1) is 11.4 Å². The Bertz CT molecular complexity index is 379. The third-order valence-electron chi connectivity index (χ3n) is 1.87. The number of rotatable bonds is 2. The second kappa shape index (κ2) is 4.81. The monoisotopic (exact) mass is 247 g/mol. The fourth-order valence-corrected chi connectivity index (χ4v) is 1.45. The lowest BCUT2D eigenvalue weighted by Gasteiger charge is -2.10. The number of nitrogens with zero attached hydrogens (tertiary/aromatic N) is 1. The summed E-state index contributed by atoms with van der Waals surface area (Å²) in [5.74, 6) is -0.168. The van der Waals surface area contributed by atoms with Gasteiger partial charge >= 0.3 is 5.97 Å². The molecule has 0 saturated carbocycles. The van der Waals surface area contributed by atoms with Crippen LogP contribution >= 0.6 is 23.2 Å². The molecule has 0 aliphatic rings. The standard InChI is InChI=1S/C10H11Cl2NO2/c1-4-7(14)15-10-8(11)5(2)13-6(3)9(10)12/h4H2,1-3H3. The molecule has 0 amide bonds. The number of halogens is 2. The summed E-state index contributed by atoms with van der Waals surface area (Å²) in [6, 6.07) is 0. The summed E-state index contributed by atoms with van der Waals surface area (Å²) in [7, 11) is 0. The Morgan fingerprint density at radius 1 is 1.27 bits per heavy atom. The van der Waals surface area contributed by atoms with Gasteiger partial charge in [-0.05, 0) is 13.8 Å². The van der Waals surface area contributed by atoms with Crippen LogP contribution < -0.4 is 4.74 Å². The van der Waals surface area contributed by atoms with Crippen molar-refractivity contribution in [1.29, 1.82) is 0 Å². The van der Waals surface area contributed by atoms with E-state index in [-0.39, 0.29) is 28.2 Å². The average Bonchev–Trinajstić information content (AvgIpc) is 2.21. The molecule has 0 unspecified atom stereocenters. The first-order valence-corrected chi connectivity index (χ1v) is 5.25. The minimum Gasteiger partial charge on any atom is -0.423 e. The van der Waals surface area contributed by atoms with Crippen molar-refractivity contribution in [2.24, 2.45) is 0 Å². The zero-order chi connectivity index (χ0) is 11.6. The Kier molecular flexibility index (Phi) is 3.94. The maximum absolute atomic E-state index is 11.1. The number of hydrogen-bond donors (Lipinski definition) is 0. The molecule has 0 spiro atoms.